The molecule has 5 heteroatoms. The van der Waals surface area contributed by atoms with E-state index in [-0.39, 0.29) is 30.1 Å². The van der Waals surface area contributed by atoms with Crippen molar-refractivity contribution < 1.29 is 9.90 Å². The third-order valence-corrected chi connectivity index (χ3v) is 7.45. The third-order valence-electron chi connectivity index (χ3n) is 7.45. The van der Waals surface area contributed by atoms with Crippen LogP contribution in [-0.2, 0) is 6.42 Å². The van der Waals surface area contributed by atoms with Crippen LogP contribution in [0.3, 0.4) is 0 Å². The van der Waals surface area contributed by atoms with Gasteiger partial charge in [-0.1, -0.05) is 33.1 Å². The maximum atomic E-state index is 13.3. The van der Waals surface area contributed by atoms with Gasteiger partial charge in [0.1, 0.15) is 5.69 Å². The van der Waals surface area contributed by atoms with Crippen molar-refractivity contribution in [1.29, 1.82) is 0 Å². The number of ketones is 1. The van der Waals surface area contributed by atoms with Crippen molar-refractivity contribution in [3.8, 4) is 0 Å². The SMILES string of the molecule is C[C@@H]1CC(c2ccncc2CC(=O)c2nc(C3CCCCC3)ccc2N)C[C@H](C)C1O. The first-order chi connectivity index (χ1) is 14.9. The van der Waals surface area contributed by atoms with Crippen LogP contribution in [0.15, 0.2) is 30.6 Å². The lowest BCUT2D eigenvalue weighted by atomic mass is 9.71. The molecule has 2 aromatic heterocycles. The Labute approximate surface area is 185 Å². The monoisotopic (exact) mass is 421 g/mol. The highest BCUT2D eigenvalue weighted by molar-refractivity contribution is 6.00. The molecule has 2 saturated carbocycles. The summed E-state index contributed by atoms with van der Waals surface area (Å²) >= 11 is 0. The summed E-state index contributed by atoms with van der Waals surface area (Å²) in [6.45, 7) is 4.22. The summed E-state index contributed by atoms with van der Waals surface area (Å²) in [7, 11) is 0. The van der Waals surface area contributed by atoms with Crippen molar-refractivity contribution in [3.05, 3.63) is 53.1 Å². The summed E-state index contributed by atoms with van der Waals surface area (Å²) in [6.07, 6.45) is 11.5. The molecule has 5 nitrogen and oxygen atoms in total. The predicted octanol–water partition coefficient (Wildman–Crippen LogP) is 5.04. The molecule has 31 heavy (non-hydrogen) atoms. The van der Waals surface area contributed by atoms with Gasteiger partial charge in [-0.05, 0) is 72.8 Å². The number of anilines is 1. The van der Waals surface area contributed by atoms with Crippen LogP contribution in [0.1, 0.15) is 97.9 Å². The molecule has 0 saturated heterocycles. The number of carbonyl (C=O) groups is 1. The van der Waals surface area contributed by atoms with Crippen LogP contribution in [0, 0.1) is 11.8 Å². The zero-order chi connectivity index (χ0) is 22.0. The fourth-order valence-electron chi connectivity index (χ4n) is 5.66. The number of hydrogen-bond donors (Lipinski definition) is 2. The fraction of sp³-hybridized carbons (Fsp3) is 0.577. The minimum absolute atomic E-state index is 0.0404. The Hall–Kier alpha value is -2.27. The molecule has 0 spiro atoms. The Morgan fingerprint density at radius 2 is 1.77 bits per heavy atom. The first-order valence-electron chi connectivity index (χ1n) is 11.8. The van der Waals surface area contributed by atoms with E-state index in [0.717, 1.165) is 36.9 Å². The summed E-state index contributed by atoms with van der Waals surface area (Å²) in [6, 6.07) is 5.88. The number of nitrogens with two attached hydrogens (primary N) is 1. The molecule has 2 aromatic rings. The van der Waals surface area contributed by atoms with Gasteiger partial charge in [-0.25, -0.2) is 4.98 Å². The van der Waals surface area contributed by atoms with E-state index in [1.54, 1.807) is 6.20 Å². The van der Waals surface area contributed by atoms with Crippen molar-refractivity contribution in [1.82, 2.24) is 9.97 Å². The number of nitrogens with zero attached hydrogens (tertiary/aromatic N) is 2. The van der Waals surface area contributed by atoms with Gasteiger partial charge in [-0.15, -0.1) is 0 Å². The van der Waals surface area contributed by atoms with Crippen LogP contribution < -0.4 is 5.73 Å². The number of hydrogen-bond acceptors (Lipinski definition) is 5. The smallest absolute Gasteiger partial charge is 0.187 e. The Morgan fingerprint density at radius 1 is 1.06 bits per heavy atom. The van der Waals surface area contributed by atoms with Crippen molar-refractivity contribution in [3.63, 3.8) is 0 Å². The fourth-order valence-corrected chi connectivity index (χ4v) is 5.66. The van der Waals surface area contributed by atoms with Gasteiger partial charge in [0.2, 0.25) is 0 Å². The lowest BCUT2D eigenvalue weighted by molar-refractivity contribution is 0.0250. The molecule has 3 N–H and O–H groups in total. The summed E-state index contributed by atoms with van der Waals surface area (Å²) in [5.41, 5.74) is 10.2. The maximum absolute atomic E-state index is 13.3. The van der Waals surface area contributed by atoms with Crippen LogP contribution in [0.2, 0.25) is 0 Å². The maximum Gasteiger partial charge on any atom is 0.187 e. The van der Waals surface area contributed by atoms with E-state index < -0.39 is 0 Å². The number of aromatic nitrogens is 2. The highest BCUT2D eigenvalue weighted by Gasteiger charge is 2.33. The number of pyridine rings is 2. The van der Waals surface area contributed by atoms with E-state index in [9.17, 15) is 9.90 Å². The molecule has 0 aromatic carbocycles. The lowest BCUT2D eigenvalue weighted by Gasteiger charge is -2.37. The van der Waals surface area contributed by atoms with Gasteiger partial charge in [0.15, 0.2) is 5.78 Å². The minimum Gasteiger partial charge on any atom is -0.397 e. The molecule has 4 atom stereocenters. The van der Waals surface area contributed by atoms with E-state index in [2.05, 4.69) is 18.8 Å². The summed E-state index contributed by atoms with van der Waals surface area (Å²) in [5.74, 6) is 1.22. The minimum atomic E-state index is -0.255. The number of Topliss-reactive ketones (excluding diaryl/α,β-unsaturated/α-hetero) is 1. The summed E-state index contributed by atoms with van der Waals surface area (Å²) in [5, 5.41) is 10.3. The molecule has 2 unspecified atom stereocenters. The molecule has 2 heterocycles. The van der Waals surface area contributed by atoms with Gasteiger partial charge >= 0.3 is 0 Å². The van der Waals surface area contributed by atoms with Crippen molar-refractivity contribution in [2.45, 2.75) is 83.2 Å². The normalized spacial score (nSPS) is 27.2. The van der Waals surface area contributed by atoms with Crippen LogP contribution in [0.5, 0.6) is 0 Å². The molecule has 0 bridgehead atoms. The molecule has 0 aliphatic heterocycles. The molecule has 2 aliphatic carbocycles. The topological polar surface area (TPSA) is 89.1 Å². The van der Waals surface area contributed by atoms with Crippen molar-refractivity contribution >= 4 is 11.5 Å². The standard InChI is InChI=1S/C26H35N3O2/c1-16-12-19(13-17(2)26(16)31)21-10-11-28-15-20(21)14-24(30)25-22(27)8-9-23(29-25)18-6-4-3-5-7-18/h8-11,15-19,26,31H,3-7,12-14,27H2,1-2H3/t16-,17+,19?,26?. The highest BCUT2D eigenvalue weighted by atomic mass is 16.3. The number of rotatable bonds is 5. The second-order valence-corrected chi connectivity index (χ2v) is 9.80. The van der Waals surface area contributed by atoms with Crippen molar-refractivity contribution in [2.75, 3.05) is 5.73 Å². The molecule has 0 radical (unpaired) electrons. The number of nitrogen functional groups attached to an aromatic ring is 1. The van der Waals surface area contributed by atoms with Crippen LogP contribution >= 0.6 is 0 Å². The number of aliphatic hydroxyl groups is 1. The highest BCUT2D eigenvalue weighted by Crippen LogP contribution is 2.40. The van der Waals surface area contributed by atoms with E-state index >= 15 is 0 Å². The van der Waals surface area contributed by atoms with Gasteiger partial charge in [0.05, 0.1) is 11.8 Å². The van der Waals surface area contributed by atoms with Gasteiger partial charge in [0, 0.05) is 30.4 Å². The largest absolute Gasteiger partial charge is 0.397 e. The molecule has 2 fully saturated rings. The zero-order valence-electron chi connectivity index (χ0n) is 18.8. The van der Waals surface area contributed by atoms with E-state index in [4.69, 9.17) is 10.7 Å². The van der Waals surface area contributed by atoms with Crippen LogP contribution in [0.4, 0.5) is 5.69 Å². The molecule has 4 rings (SSSR count). The Balaban J connectivity index is 1.56. The van der Waals surface area contributed by atoms with Gasteiger partial charge in [0.25, 0.3) is 0 Å². The van der Waals surface area contributed by atoms with Gasteiger partial charge in [-0.2, -0.15) is 0 Å². The Bertz CT molecular complexity index is 911. The van der Waals surface area contributed by atoms with Gasteiger partial charge < -0.3 is 10.8 Å². The van der Waals surface area contributed by atoms with E-state index in [0.29, 0.717) is 23.2 Å². The van der Waals surface area contributed by atoms with Crippen LogP contribution in [0.25, 0.3) is 0 Å². The average Bonchev–Trinajstić information content (AvgIpc) is 2.78. The quantitative estimate of drug-likeness (QED) is 0.660. The van der Waals surface area contributed by atoms with E-state index in [1.165, 1.54) is 24.8 Å². The molecular formula is C26H35N3O2. The third kappa shape index (κ3) is 4.82. The van der Waals surface area contributed by atoms with Crippen LogP contribution in [-0.4, -0.2) is 27.0 Å². The second kappa shape index (κ2) is 9.47. The van der Waals surface area contributed by atoms with Gasteiger partial charge in [-0.3, -0.25) is 9.78 Å². The zero-order valence-corrected chi connectivity index (χ0v) is 18.8. The second-order valence-electron chi connectivity index (χ2n) is 9.80. The van der Waals surface area contributed by atoms with Crippen molar-refractivity contribution in [2.24, 2.45) is 11.8 Å². The first-order valence-corrected chi connectivity index (χ1v) is 11.8. The Morgan fingerprint density at radius 3 is 2.48 bits per heavy atom. The summed E-state index contributed by atoms with van der Waals surface area (Å²) < 4.78 is 0. The predicted molar refractivity (Wildman–Crippen MR) is 123 cm³/mol. The Kier molecular flexibility index (Phi) is 6.71. The summed E-state index contributed by atoms with van der Waals surface area (Å²) in [4.78, 5) is 22.3. The van der Waals surface area contributed by atoms with E-state index in [1.807, 2.05) is 24.4 Å². The molecule has 0 amide bonds. The molecular weight excluding hydrogens is 386 g/mol. The number of aliphatic hydroxyl groups excluding tert-OH is 1. The average molecular weight is 422 g/mol. The molecule has 166 valence electrons. The lowest BCUT2D eigenvalue weighted by Crippen LogP contribution is -2.33. The molecule has 2 aliphatic rings. The first kappa shape index (κ1) is 21.9. The number of carbonyl (C=O) groups excluding carboxylic acids is 1.